The van der Waals surface area contributed by atoms with Crippen molar-refractivity contribution in [2.24, 2.45) is 0 Å². The monoisotopic (exact) mass is 563 g/mol. The molecular weight excluding hydrogens is 538 g/mol. The van der Waals surface area contributed by atoms with Crippen LogP contribution in [0.15, 0.2) is 89.9 Å². The number of halogens is 3. The highest BCUT2D eigenvalue weighted by atomic mass is 31.2. The lowest BCUT2D eigenvalue weighted by Crippen LogP contribution is -2.27. The molecule has 5 aromatic rings. The van der Waals surface area contributed by atoms with Gasteiger partial charge >= 0.3 is 6.18 Å². The van der Waals surface area contributed by atoms with E-state index in [0.29, 0.717) is 32.9 Å². The first-order chi connectivity index (χ1) is 18.8. The maximum absolute atomic E-state index is 13.8. The molecule has 0 saturated carbocycles. The molecule has 6 nitrogen and oxygen atoms in total. The summed E-state index contributed by atoms with van der Waals surface area (Å²) in [7, 11) is -2.73. The van der Waals surface area contributed by atoms with Gasteiger partial charge in [0, 0.05) is 33.5 Å². The first-order valence-electron chi connectivity index (χ1n) is 12.4. The second-order valence-electron chi connectivity index (χ2n) is 9.95. The van der Waals surface area contributed by atoms with Crippen LogP contribution in [0.4, 0.5) is 13.2 Å². The van der Waals surface area contributed by atoms with E-state index in [2.05, 4.69) is 10.3 Å². The van der Waals surface area contributed by atoms with Gasteiger partial charge in [0.1, 0.15) is 7.14 Å². The van der Waals surface area contributed by atoms with Gasteiger partial charge in [0.25, 0.3) is 11.5 Å². The van der Waals surface area contributed by atoms with Crippen molar-refractivity contribution in [1.29, 1.82) is 0 Å². The van der Waals surface area contributed by atoms with Crippen molar-refractivity contribution in [2.75, 3.05) is 13.3 Å². The minimum atomic E-state index is -4.53. The van der Waals surface area contributed by atoms with Crippen molar-refractivity contribution in [3.63, 3.8) is 0 Å². The minimum absolute atomic E-state index is 0.229. The van der Waals surface area contributed by atoms with Crippen molar-refractivity contribution in [3.8, 4) is 5.69 Å². The summed E-state index contributed by atoms with van der Waals surface area (Å²) in [4.78, 5) is 31.3. The van der Waals surface area contributed by atoms with Crippen molar-refractivity contribution >= 4 is 40.0 Å². The van der Waals surface area contributed by atoms with Crippen LogP contribution in [0.3, 0.4) is 0 Å². The molecular formula is C30H25F3N3O3P. The fraction of sp³-hybridized carbons (Fsp3) is 0.167. The lowest BCUT2D eigenvalue weighted by molar-refractivity contribution is -0.137. The molecule has 2 heterocycles. The topological polar surface area (TPSA) is 81.1 Å². The molecule has 1 atom stereocenters. The number of pyridine rings is 2. The average Bonchev–Trinajstić information content (AvgIpc) is 2.92. The van der Waals surface area contributed by atoms with Crippen molar-refractivity contribution in [2.45, 2.75) is 19.1 Å². The molecule has 2 aromatic heterocycles. The zero-order valence-corrected chi connectivity index (χ0v) is 22.8. The summed E-state index contributed by atoms with van der Waals surface area (Å²) >= 11 is 0. The van der Waals surface area contributed by atoms with Crippen LogP contribution in [0.1, 0.15) is 34.6 Å². The number of rotatable bonds is 5. The van der Waals surface area contributed by atoms with E-state index < -0.39 is 24.4 Å². The normalized spacial score (nSPS) is 12.9. The van der Waals surface area contributed by atoms with E-state index in [9.17, 15) is 27.3 Å². The maximum Gasteiger partial charge on any atom is 0.416 e. The third kappa shape index (κ3) is 5.17. The molecule has 0 bridgehead atoms. The van der Waals surface area contributed by atoms with E-state index in [4.69, 9.17) is 0 Å². The van der Waals surface area contributed by atoms with Crippen LogP contribution in [0.25, 0.3) is 27.4 Å². The molecule has 5 rings (SSSR count). The van der Waals surface area contributed by atoms with Crippen LogP contribution >= 0.6 is 7.14 Å². The molecule has 0 aliphatic carbocycles. The summed E-state index contributed by atoms with van der Waals surface area (Å²) < 4.78 is 53.7. The third-order valence-electron chi connectivity index (χ3n) is 6.78. The number of fused-ring (bicyclic) bond motifs is 3. The van der Waals surface area contributed by atoms with E-state index in [1.54, 1.807) is 68.1 Å². The summed E-state index contributed by atoms with van der Waals surface area (Å²) in [6, 6.07) is 19.1. The van der Waals surface area contributed by atoms with Gasteiger partial charge in [-0.1, -0.05) is 18.2 Å². The van der Waals surface area contributed by atoms with Gasteiger partial charge in [0.05, 0.1) is 22.8 Å². The molecule has 3 aromatic carbocycles. The van der Waals surface area contributed by atoms with Crippen LogP contribution in [0.2, 0.25) is 0 Å². The minimum Gasteiger partial charge on any atom is -0.344 e. The number of carbonyl (C=O) groups is 1. The number of nitrogens with one attached hydrogen (secondary N) is 1. The first-order valence-corrected chi connectivity index (χ1v) is 15.0. The number of benzene rings is 3. The van der Waals surface area contributed by atoms with Gasteiger partial charge in [0.15, 0.2) is 0 Å². The molecule has 40 heavy (non-hydrogen) atoms. The van der Waals surface area contributed by atoms with Crippen LogP contribution in [-0.4, -0.2) is 28.8 Å². The molecule has 0 aliphatic rings. The number of hydrogen-bond acceptors (Lipinski definition) is 4. The number of hydrogen-bond donors (Lipinski definition) is 1. The van der Waals surface area contributed by atoms with Gasteiger partial charge < -0.3 is 9.88 Å². The predicted octanol–water partition coefficient (Wildman–Crippen LogP) is 6.30. The standard InChI is InChI=1S/C30H25F3N3O3P/c1-18(26-6-4-5-15-34-26)35-28(37)19-7-14-27-24(16-19)23-13-12-22(40(2,3)39)17-25(23)29(38)36(27)21-10-8-20(9-11-21)30(31,32)33/h4-18H,1-3H3,(H,35,37)/t18-/m0/s1. The second kappa shape index (κ2) is 10.1. The molecule has 204 valence electrons. The van der Waals surface area contributed by atoms with Gasteiger partial charge in [-0.2, -0.15) is 13.2 Å². The fourth-order valence-electron chi connectivity index (χ4n) is 4.64. The van der Waals surface area contributed by atoms with Gasteiger partial charge in [-0.3, -0.25) is 19.1 Å². The lowest BCUT2D eigenvalue weighted by Gasteiger charge is -2.17. The zero-order valence-electron chi connectivity index (χ0n) is 21.9. The first kappa shape index (κ1) is 27.3. The van der Waals surface area contributed by atoms with E-state index >= 15 is 0 Å². The Hall–Kier alpha value is -4.23. The lowest BCUT2D eigenvalue weighted by atomic mass is 10.0. The molecule has 10 heteroatoms. The Kier molecular flexibility index (Phi) is 6.88. The van der Waals surface area contributed by atoms with E-state index in [0.717, 1.165) is 12.1 Å². The maximum atomic E-state index is 13.8. The molecule has 0 radical (unpaired) electrons. The van der Waals surface area contributed by atoms with Crippen molar-refractivity contribution < 1.29 is 22.5 Å². The van der Waals surface area contributed by atoms with Crippen molar-refractivity contribution in [1.82, 2.24) is 14.9 Å². The highest BCUT2D eigenvalue weighted by Gasteiger charge is 2.30. The largest absolute Gasteiger partial charge is 0.416 e. The van der Waals surface area contributed by atoms with Crippen LogP contribution in [0.5, 0.6) is 0 Å². The van der Waals surface area contributed by atoms with Gasteiger partial charge in [-0.15, -0.1) is 0 Å². The number of alkyl halides is 3. The summed E-state index contributed by atoms with van der Waals surface area (Å²) in [5, 5.41) is 4.73. The highest BCUT2D eigenvalue weighted by Crippen LogP contribution is 2.36. The quantitative estimate of drug-likeness (QED) is 0.201. The Balaban J connectivity index is 1.70. The van der Waals surface area contributed by atoms with Crippen molar-refractivity contribution in [3.05, 3.63) is 112 Å². The molecule has 1 N–H and O–H groups in total. The Labute approximate surface area is 227 Å². The van der Waals surface area contributed by atoms with E-state index in [1.165, 1.54) is 16.7 Å². The average molecular weight is 564 g/mol. The SMILES string of the molecule is C[C@H](NC(=O)c1ccc2c(c1)c1ccc(P(C)(C)=O)cc1c(=O)n2-c1ccc(C(F)(F)F)cc1)c1ccccn1. The van der Waals surface area contributed by atoms with E-state index in [-0.39, 0.29) is 23.0 Å². The number of aromatic nitrogens is 2. The Bertz CT molecular complexity index is 1860. The molecule has 1 amide bonds. The van der Waals surface area contributed by atoms with Gasteiger partial charge in [-0.25, -0.2) is 0 Å². The number of nitrogens with zero attached hydrogens (tertiary/aromatic N) is 2. The summed E-state index contributed by atoms with van der Waals surface area (Å²) in [5.74, 6) is -0.358. The van der Waals surface area contributed by atoms with Gasteiger partial charge in [0.2, 0.25) is 0 Å². The van der Waals surface area contributed by atoms with E-state index in [1.807, 2.05) is 13.0 Å². The summed E-state index contributed by atoms with van der Waals surface area (Å²) in [6.45, 7) is 5.00. The zero-order chi connectivity index (χ0) is 28.8. The Morgan fingerprint density at radius 1 is 0.925 bits per heavy atom. The molecule has 0 saturated heterocycles. The number of amides is 1. The third-order valence-corrected chi connectivity index (χ3v) is 8.30. The number of carbonyl (C=O) groups excluding carboxylic acids is 1. The Morgan fingerprint density at radius 3 is 2.27 bits per heavy atom. The van der Waals surface area contributed by atoms with Crippen LogP contribution in [-0.2, 0) is 10.7 Å². The highest BCUT2D eigenvalue weighted by molar-refractivity contribution is 7.70. The van der Waals surface area contributed by atoms with Crippen LogP contribution in [0, 0.1) is 0 Å². The van der Waals surface area contributed by atoms with Crippen LogP contribution < -0.4 is 16.2 Å². The fourth-order valence-corrected chi connectivity index (χ4v) is 5.51. The molecule has 0 spiro atoms. The van der Waals surface area contributed by atoms with Gasteiger partial charge in [-0.05, 0) is 86.3 Å². The smallest absolute Gasteiger partial charge is 0.344 e. The Morgan fingerprint density at radius 2 is 1.65 bits per heavy atom. The molecule has 0 fully saturated rings. The predicted molar refractivity (Wildman–Crippen MR) is 151 cm³/mol. The molecule has 0 unspecified atom stereocenters. The summed E-state index contributed by atoms with van der Waals surface area (Å²) in [5.41, 5.74) is 0.348. The summed E-state index contributed by atoms with van der Waals surface area (Å²) in [6.07, 6.45) is -2.89. The second-order valence-corrected chi connectivity index (χ2v) is 13.2. The molecule has 0 aliphatic heterocycles.